The van der Waals surface area contributed by atoms with Gasteiger partial charge in [-0.1, -0.05) is 0 Å². The SMILES string of the molecule is COC1CN(C(=O)c2cc(N)ccn2)C1. The Morgan fingerprint density at radius 2 is 2.40 bits per heavy atom. The van der Waals surface area contributed by atoms with Gasteiger partial charge in [-0.2, -0.15) is 0 Å². The molecule has 1 aromatic heterocycles. The smallest absolute Gasteiger partial charge is 0.272 e. The van der Waals surface area contributed by atoms with Crippen molar-refractivity contribution in [3.8, 4) is 0 Å². The molecule has 2 N–H and O–H groups in total. The number of nitrogens with zero attached hydrogens (tertiary/aromatic N) is 2. The standard InChI is InChI=1S/C10H13N3O2/c1-15-8-5-13(6-8)10(14)9-4-7(11)2-3-12-9/h2-4,8H,5-6H2,1H3,(H2,11,12). The lowest BCUT2D eigenvalue weighted by atomic mass is 10.1. The molecule has 2 heterocycles. The summed E-state index contributed by atoms with van der Waals surface area (Å²) in [6.07, 6.45) is 1.70. The summed E-state index contributed by atoms with van der Waals surface area (Å²) in [7, 11) is 1.64. The highest BCUT2D eigenvalue weighted by Crippen LogP contribution is 2.15. The third-order valence-electron chi connectivity index (χ3n) is 2.47. The van der Waals surface area contributed by atoms with E-state index in [0.29, 0.717) is 24.5 Å². The number of nitrogen functional groups attached to an aromatic ring is 1. The van der Waals surface area contributed by atoms with Gasteiger partial charge in [0.05, 0.1) is 6.10 Å². The monoisotopic (exact) mass is 207 g/mol. The highest BCUT2D eigenvalue weighted by molar-refractivity contribution is 5.93. The molecule has 1 aliphatic heterocycles. The largest absolute Gasteiger partial charge is 0.399 e. The number of likely N-dealkylation sites (tertiary alicyclic amines) is 1. The summed E-state index contributed by atoms with van der Waals surface area (Å²) in [6.45, 7) is 1.26. The van der Waals surface area contributed by atoms with E-state index in [9.17, 15) is 4.79 Å². The minimum atomic E-state index is -0.0874. The molecule has 1 aromatic rings. The Hall–Kier alpha value is -1.62. The first-order valence-electron chi connectivity index (χ1n) is 4.74. The van der Waals surface area contributed by atoms with Crippen molar-refractivity contribution in [2.75, 3.05) is 25.9 Å². The zero-order valence-electron chi connectivity index (χ0n) is 8.51. The van der Waals surface area contributed by atoms with E-state index < -0.39 is 0 Å². The number of hydrogen-bond acceptors (Lipinski definition) is 4. The van der Waals surface area contributed by atoms with Crippen LogP contribution in [0.3, 0.4) is 0 Å². The highest BCUT2D eigenvalue weighted by Gasteiger charge is 2.31. The van der Waals surface area contributed by atoms with Gasteiger partial charge in [0, 0.05) is 32.1 Å². The molecule has 1 aliphatic rings. The number of nitrogens with two attached hydrogens (primary N) is 1. The predicted molar refractivity (Wildman–Crippen MR) is 55.3 cm³/mol. The lowest BCUT2D eigenvalue weighted by molar-refractivity contribution is -0.0194. The first kappa shape index (κ1) is 9.92. The molecule has 0 aliphatic carbocycles. The molecule has 1 amide bonds. The summed E-state index contributed by atoms with van der Waals surface area (Å²) in [4.78, 5) is 17.5. The molecule has 5 nitrogen and oxygen atoms in total. The number of carbonyl (C=O) groups is 1. The first-order valence-corrected chi connectivity index (χ1v) is 4.74. The van der Waals surface area contributed by atoms with E-state index >= 15 is 0 Å². The Kier molecular flexibility index (Phi) is 2.55. The number of ether oxygens (including phenoxy) is 1. The second-order valence-electron chi connectivity index (χ2n) is 3.54. The minimum Gasteiger partial charge on any atom is -0.399 e. The van der Waals surface area contributed by atoms with Gasteiger partial charge < -0.3 is 15.4 Å². The van der Waals surface area contributed by atoms with E-state index in [1.807, 2.05) is 0 Å². The van der Waals surface area contributed by atoms with E-state index in [0.717, 1.165) is 0 Å². The van der Waals surface area contributed by atoms with Crippen LogP contribution in [0.4, 0.5) is 5.69 Å². The molecule has 0 atom stereocenters. The number of amides is 1. The maximum Gasteiger partial charge on any atom is 0.272 e. The number of anilines is 1. The summed E-state index contributed by atoms with van der Waals surface area (Å²) >= 11 is 0. The first-order chi connectivity index (χ1) is 7.20. The zero-order valence-corrected chi connectivity index (χ0v) is 8.51. The number of methoxy groups -OCH3 is 1. The van der Waals surface area contributed by atoms with E-state index in [1.165, 1.54) is 6.20 Å². The molecule has 0 aromatic carbocycles. The molecule has 0 bridgehead atoms. The van der Waals surface area contributed by atoms with Gasteiger partial charge in [-0.25, -0.2) is 0 Å². The van der Waals surface area contributed by atoms with Crippen molar-refractivity contribution in [2.24, 2.45) is 0 Å². The highest BCUT2D eigenvalue weighted by atomic mass is 16.5. The lowest BCUT2D eigenvalue weighted by Crippen LogP contribution is -2.54. The predicted octanol–water partition coefficient (Wildman–Crippen LogP) is 0.135. The topological polar surface area (TPSA) is 68.5 Å². The van der Waals surface area contributed by atoms with Gasteiger partial charge in [-0.3, -0.25) is 9.78 Å². The summed E-state index contributed by atoms with van der Waals surface area (Å²) < 4.78 is 5.09. The number of carbonyl (C=O) groups excluding carboxylic acids is 1. The van der Waals surface area contributed by atoms with Crippen LogP contribution in [-0.4, -0.2) is 42.1 Å². The molecule has 15 heavy (non-hydrogen) atoms. The van der Waals surface area contributed by atoms with Crippen LogP contribution in [0.5, 0.6) is 0 Å². The summed E-state index contributed by atoms with van der Waals surface area (Å²) in [5, 5.41) is 0. The third kappa shape index (κ3) is 1.92. The summed E-state index contributed by atoms with van der Waals surface area (Å²) in [5.74, 6) is -0.0874. The number of rotatable bonds is 2. The average molecular weight is 207 g/mol. The molecule has 0 unspecified atom stereocenters. The Bertz CT molecular complexity index is 375. The van der Waals surface area contributed by atoms with E-state index in [2.05, 4.69) is 4.98 Å². The maximum absolute atomic E-state index is 11.8. The van der Waals surface area contributed by atoms with Crippen molar-refractivity contribution >= 4 is 11.6 Å². The Morgan fingerprint density at radius 3 is 3.00 bits per heavy atom. The molecule has 0 saturated carbocycles. The van der Waals surface area contributed by atoms with Crippen LogP contribution in [0.2, 0.25) is 0 Å². The molecule has 0 spiro atoms. The van der Waals surface area contributed by atoms with Crippen LogP contribution in [0.15, 0.2) is 18.3 Å². The molecular formula is C10H13N3O2. The Morgan fingerprint density at radius 1 is 1.67 bits per heavy atom. The summed E-state index contributed by atoms with van der Waals surface area (Å²) in [5.41, 5.74) is 6.52. The van der Waals surface area contributed by atoms with Gasteiger partial charge in [0.25, 0.3) is 5.91 Å². The van der Waals surface area contributed by atoms with Gasteiger partial charge in [-0.15, -0.1) is 0 Å². The second-order valence-corrected chi connectivity index (χ2v) is 3.54. The Labute approximate surface area is 87.8 Å². The number of hydrogen-bond donors (Lipinski definition) is 1. The fourth-order valence-corrected chi connectivity index (χ4v) is 1.48. The van der Waals surface area contributed by atoms with Crippen LogP contribution in [0, 0.1) is 0 Å². The molecule has 1 saturated heterocycles. The van der Waals surface area contributed by atoms with Crippen LogP contribution in [-0.2, 0) is 4.74 Å². The van der Waals surface area contributed by atoms with Crippen LogP contribution >= 0.6 is 0 Å². The fourth-order valence-electron chi connectivity index (χ4n) is 1.48. The maximum atomic E-state index is 11.8. The van der Waals surface area contributed by atoms with Crippen molar-refractivity contribution in [3.05, 3.63) is 24.0 Å². The normalized spacial score (nSPS) is 16.2. The molecule has 1 fully saturated rings. The van der Waals surface area contributed by atoms with E-state index in [4.69, 9.17) is 10.5 Å². The van der Waals surface area contributed by atoms with E-state index in [-0.39, 0.29) is 12.0 Å². The Balaban J connectivity index is 2.03. The van der Waals surface area contributed by atoms with Crippen molar-refractivity contribution in [1.82, 2.24) is 9.88 Å². The average Bonchev–Trinajstić information content (AvgIpc) is 2.16. The van der Waals surface area contributed by atoms with Gasteiger partial charge in [0.2, 0.25) is 0 Å². The number of aromatic nitrogens is 1. The zero-order chi connectivity index (χ0) is 10.8. The van der Waals surface area contributed by atoms with Crippen molar-refractivity contribution in [3.63, 3.8) is 0 Å². The minimum absolute atomic E-state index is 0.0874. The van der Waals surface area contributed by atoms with Gasteiger partial charge in [0.15, 0.2) is 0 Å². The number of pyridine rings is 1. The lowest BCUT2D eigenvalue weighted by Gasteiger charge is -2.37. The fraction of sp³-hybridized carbons (Fsp3) is 0.400. The molecule has 5 heteroatoms. The van der Waals surface area contributed by atoms with E-state index in [1.54, 1.807) is 24.1 Å². The second kappa shape index (κ2) is 3.86. The van der Waals surface area contributed by atoms with Gasteiger partial charge in [0.1, 0.15) is 5.69 Å². The summed E-state index contributed by atoms with van der Waals surface area (Å²) in [6, 6.07) is 3.24. The molecule has 0 radical (unpaired) electrons. The van der Waals surface area contributed by atoms with Gasteiger partial charge >= 0.3 is 0 Å². The van der Waals surface area contributed by atoms with Gasteiger partial charge in [-0.05, 0) is 12.1 Å². The van der Waals surface area contributed by atoms with Crippen molar-refractivity contribution in [1.29, 1.82) is 0 Å². The van der Waals surface area contributed by atoms with Crippen molar-refractivity contribution in [2.45, 2.75) is 6.10 Å². The molecule has 80 valence electrons. The quantitative estimate of drug-likeness (QED) is 0.748. The molecule has 2 rings (SSSR count). The third-order valence-corrected chi connectivity index (χ3v) is 2.47. The van der Waals surface area contributed by atoms with Crippen LogP contribution in [0.25, 0.3) is 0 Å². The van der Waals surface area contributed by atoms with Crippen LogP contribution < -0.4 is 5.73 Å². The molecular weight excluding hydrogens is 194 g/mol. The van der Waals surface area contributed by atoms with Crippen LogP contribution in [0.1, 0.15) is 10.5 Å². The van der Waals surface area contributed by atoms with Crippen molar-refractivity contribution < 1.29 is 9.53 Å².